The molecule has 0 aliphatic carbocycles. The zero-order chi connectivity index (χ0) is 10.1. The molecular formula is C12H16BNaO2. The molecule has 0 amide bonds. The fraction of sp³-hybridized carbons (Fsp3) is 0.500. The van der Waals surface area contributed by atoms with E-state index < -0.39 is 0 Å². The van der Waals surface area contributed by atoms with E-state index in [9.17, 15) is 5.11 Å². The molecule has 1 atom stereocenters. The van der Waals surface area contributed by atoms with E-state index in [-0.39, 0.29) is 50.0 Å². The Labute approximate surface area is 121 Å². The van der Waals surface area contributed by atoms with Gasteiger partial charge in [-0.05, 0) is 29.2 Å². The summed E-state index contributed by atoms with van der Waals surface area (Å²) in [4.78, 5) is 0. The fourth-order valence-electron chi connectivity index (χ4n) is 1.78. The topological polar surface area (TPSA) is 29.5 Å². The molecule has 1 unspecified atom stereocenters. The molecule has 1 aliphatic heterocycles. The van der Waals surface area contributed by atoms with E-state index in [4.69, 9.17) is 4.74 Å². The van der Waals surface area contributed by atoms with Gasteiger partial charge in [-0.15, -0.1) is 0 Å². The molecule has 0 spiro atoms. The number of ether oxygens (including phenoxy) is 1. The first-order chi connectivity index (χ1) is 6.68. The Hall–Kier alpha value is 0.0449. The van der Waals surface area contributed by atoms with Gasteiger partial charge < -0.3 is 18.3 Å². The Morgan fingerprint density at radius 2 is 2.00 bits per heavy atom. The minimum atomic E-state index is -0.360. The molecule has 0 aromatic heterocycles. The predicted molar refractivity (Wildman–Crippen MR) is 61.2 cm³/mol. The zero-order valence-corrected chi connectivity index (χ0v) is 12.2. The van der Waals surface area contributed by atoms with Crippen molar-refractivity contribution < 1.29 is 39.4 Å². The van der Waals surface area contributed by atoms with E-state index >= 15 is 0 Å². The molecule has 16 heavy (non-hydrogen) atoms. The van der Waals surface area contributed by atoms with Crippen LogP contribution in [0.25, 0.3) is 0 Å². The Bertz CT molecular complexity index is 342. The second-order valence-electron chi connectivity index (χ2n) is 4.15. The number of fused-ring (bicyclic) bond motifs is 1. The first-order valence-corrected chi connectivity index (χ1v) is 5.12. The van der Waals surface area contributed by atoms with Gasteiger partial charge in [-0.2, -0.15) is 0 Å². The van der Waals surface area contributed by atoms with Crippen LogP contribution >= 0.6 is 0 Å². The van der Waals surface area contributed by atoms with Crippen LogP contribution in [0.15, 0.2) is 18.2 Å². The van der Waals surface area contributed by atoms with Crippen molar-refractivity contribution in [3.8, 4) is 5.75 Å². The van der Waals surface area contributed by atoms with E-state index in [1.54, 1.807) is 0 Å². The third-order valence-corrected chi connectivity index (χ3v) is 2.69. The van der Waals surface area contributed by atoms with Crippen LogP contribution < -0.4 is 34.3 Å². The Balaban J connectivity index is 0.00000112. The van der Waals surface area contributed by atoms with Gasteiger partial charge in [0.1, 0.15) is 5.75 Å². The molecule has 4 radical (unpaired) electrons. The predicted octanol–water partition coefficient (Wildman–Crippen LogP) is -1.07. The van der Waals surface area contributed by atoms with Gasteiger partial charge in [0.15, 0.2) is 0 Å². The number of aliphatic hydroxyl groups is 1. The van der Waals surface area contributed by atoms with Crippen LogP contribution in [0, 0.1) is 5.92 Å². The summed E-state index contributed by atoms with van der Waals surface area (Å²) in [5.41, 5.74) is 2.23. The molecule has 0 bridgehead atoms. The van der Waals surface area contributed by atoms with Gasteiger partial charge in [-0.1, -0.05) is 19.9 Å². The standard InChI is InChI=1S/C12H16O2.B.Na/c1-8(2)12(13)10-3-4-11-9(7-10)5-6-14-11;;/h3-4,7-8,12-13H,5-6H2,1-2H3;;/q;-1;+1. The van der Waals surface area contributed by atoms with Gasteiger partial charge >= 0.3 is 29.6 Å². The van der Waals surface area contributed by atoms with Gasteiger partial charge in [0.2, 0.25) is 0 Å². The summed E-state index contributed by atoms with van der Waals surface area (Å²) in [5, 5.41) is 9.89. The molecular weight excluding hydrogens is 210 g/mol. The van der Waals surface area contributed by atoms with E-state index in [0.29, 0.717) is 0 Å². The molecule has 0 saturated heterocycles. The van der Waals surface area contributed by atoms with Crippen molar-refractivity contribution in [1.29, 1.82) is 0 Å². The summed E-state index contributed by atoms with van der Waals surface area (Å²) in [6.45, 7) is 4.82. The molecule has 80 valence electrons. The molecule has 2 nitrogen and oxygen atoms in total. The summed E-state index contributed by atoms with van der Waals surface area (Å²) in [7, 11) is 0. The van der Waals surface area contributed by atoms with E-state index in [1.165, 1.54) is 5.56 Å². The molecule has 1 heterocycles. The number of benzene rings is 1. The van der Waals surface area contributed by atoms with Gasteiger partial charge in [-0.25, -0.2) is 0 Å². The van der Waals surface area contributed by atoms with Crippen molar-refractivity contribution in [2.24, 2.45) is 5.92 Å². The van der Waals surface area contributed by atoms with Gasteiger partial charge in [0.05, 0.1) is 12.7 Å². The summed E-state index contributed by atoms with van der Waals surface area (Å²) >= 11 is 0. The SMILES string of the molecule is CC(C)C(O)c1ccc2c(c1)CCO2.[B-].[Na+]. The summed E-state index contributed by atoms with van der Waals surface area (Å²) in [6, 6.07) is 5.98. The van der Waals surface area contributed by atoms with Crippen LogP contribution in [-0.2, 0) is 6.42 Å². The fourth-order valence-corrected chi connectivity index (χ4v) is 1.78. The van der Waals surface area contributed by atoms with E-state index in [1.807, 2.05) is 26.0 Å². The third-order valence-electron chi connectivity index (χ3n) is 2.69. The average Bonchev–Trinajstić information content (AvgIpc) is 2.62. The van der Waals surface area contributed by atoms with Crippen LogP contribution in [0.5, 0.6) is 5.75 Å². The first-order valence-electron chi connectivity index (χ1n) is 5.12. The van der Waals surface area contributed by atoms with Crippen LogP contribution in [0.2, 0.25) is 0 Å². The second kappa shape index (κ2) is 6.70. The Morgan fingerprint density at radius 1 is 1.31 bits per heavy atom. The first kappa shape index (κ1) is 16.0. The number of rotatable bonds is 2. The summed E-state index contributed by atoms with van der Waals surface area (Å²) in [5.74, 6) is 1.24. The minimum Gasteiger partial charge on any atom is -1.00 e. The number of hydrogen-bond donors (Lipinski definition) is 1. The minimum absolute atomic E-state index is 0. The zero-order valence-electron chi connectivity index (χ0n) is 10.2. The van der Waals surface area contributed by atoms with Crippen LogP contribution in [0.3, 0.4) is 0 Å². The van der Waals surface area contributed by atoms with Crippen LogP contribution in [0.1, 0.15) is 31.1 Å². The van der Waals surface area contributed by atoms with Crippen molar-refractivity contribution in [3.05, 3.63) is 29.3 Å². The normalized spacial score (nSPS) is 14.5. The van der Waals surface area contributed by atoms with Crippen molar-refractivity contribution in [2.45, 2.75) is 26.4 Å². The van der Waals surface area contributed by atoms with Crippen molar-refractivity contribution >= 4 is 8.41 Å². The molecule has 1 aromatic rings. The maximum absolute atomic E-state index is 9.89. The summed E-state index contributed by atoms with van der Waals surface area (Å²) in [6.07, 6.45) is 0.606. The largest absolute Gasteiger partial charge is 1.00 e. The molecule has 0 fully saturated rings. The molecule has 2 rings (SSSR count). The van der Waals surface area contributed by atoms with Gasteiger partial charge in [0.25, 0.3) is 0 Å². The van der Waals surface area contributed by atoms with Crippen molar-refractivity contribution in [3.63, 3.8) is 0 Å². The smallest absolute Gasteiger partial charge is 1.00 e. The molecule has 1 aromatic carbocycles. The maximum Gasteiger partial charge on any atom is 1.00 e. The van der Waals surface area contributed by atoms with E-state index in [2.05, 4.69) is 6.07 Å². The number of hydrogen-bond acceptors (Lipinski definition) is 2. The molecule has 0 saturated carbocycles. The van der Waals surface area contributed by atoms with Crippen LogP contribution in [0.4, 0.5) is 0 Å². The third kappa shape index (κ3) is 3.27. The molecule has 4 heteroatoms. The molecule has 1 N–H and O–H groups in total. The average molecular weight is 226 g/mol. The van der Waals surface area contributed by atoms with E-state index in [0.717, 1.165) is 24.3 Å². The monoisotopic (exact) mass is 226 g/mol. The Morgan fingerprint density at radius 3 is 2.62 bits per heavy atom. The molecule has 1 aliphatic rings. The van der Waals surface area contributed by atoms with Gasteiger partial charge in [-0.3, -0.25) is 0 Å². The van der Waals surface area contributed by atoms with Crippen molar-refractivity contribution in [1.82, 2.24) is 0 Å². The second-order valence-corrected chi connectivity index (χ2v) is 4.15. The van der Waals surface area contributed by atoms with Crippen LogP contribution in [-0.4, -0.2) is 20.1 Å². The Kier molecular flexibility index (Phi) is 6.72. The van der Waals surface area contributed by atoms with Crippen molar-refractivity contribution in [2.75, 3.05) is 6.61 Å². The number of aliphatic hydroxyl groups excluding tert-OH is 1. The summed E-state index contributed by atoms with van der Waals surface area (Å²) < 4.78 is 5.41. The van der Waals surface area contributed by atoms with Gasteiger partial charge in [0, 0.05) is 6.42 Å². The quantitative estimate of drug-likeness (QED) is 0.651. The maximum atomic E-state index is 9.89.